The number of amides is 1. The maximum absolute atomic E-state index is 12.1. The summed E-state index contributed by atoms with van der Waals surface area (Å²) < 4.78 is 4.74. The molecule has 0 spiro atoms. The zero-order chi connectivity index (χ0) is 14.7. The van der Waals surface area contributed by atoms with Gasteiger partial charge in [0, 0.05) is 5.69 Å². The number of H-pyrrole nitrogens is 2. The molecule has 1 amide bonds. The van der Waals surface area contributed by atoms with Crippen LogP contribution in [0.4, 0.5) is 5.95 Å². The van der Waals surface area contributed by atoms with Gasteiger partial charge in [-0.3, -0.25) is 10.1 Å². The van der Waals surface area contributed by atoms with Gasteiger partial charge >= 0.3 is 5.97 Å². The summed E-state index contributed by atoms with van der Waals surface area (Å²) in [7, 11) is 1.31. The highest BCUT2D eigenvalue weighted by atomic mass is 16.5. The summed E-state index contributed by atoms with van der Waals surface area (Å²) in [5.41, 5.74) is 1.92. The predicted octanol–water partition coefficient (Wildman–Crippen LogP) is 1.04. The van der Waals surface area contributed by atoms with Crippen molar-refractivity contribution in [2.45, 2.75) is 20.3 Å². The fraction of sp³-hybridized carbons (Fsp3) is 0.333. The second-order valence-electron chi connectivity index (χ2n) is 4.11. The standard InChI is InChI=1S/C12H15N5O3/c1-4-7-8(11(19)20-3)6(2)9(15-7)10(18)16-12-13-5-14-17-12/h5,15H,4H2,1-3H3,(H2,13,14,16,17,18). The van der Waals surface area contributed by atoms with E-state index in [1.807, 2.05) is 6.92 Å². The molecule has 8 nitrogen and oxygen atoms in total. The van der Waals surface area contributed by atoms with E-state index in [1.54, 1.807) is 6.92 Å². The van der Waals surface area contributed by atoms with Crippen LogP contribution in [0.3, 0.4) is 0 Å². The smallest absolute Gasteiger partial charge is 0.339 e. The second-order valence-corrected chi connectivity index (χ2v) is 4.11. The van der Waals surface area contributed by atoms with Crippen molar-refractivity contribution in [3.05, 3.63) is 28.8 Å². The van der Waals surface area contributed by atoms with Crippen LogP contribution in [0.25, 0.3) is 0 Å². The summed E-state index contributed by atoms with van der Waals surface area (Å²) in [5, 5.41) is 8.71. The van der Waals surface area contributed by atoms with Crippen molar-refractivity contribution >= 4 is 17.8 Å². The Morgan fingerprint density at radius 1 is 1.45 bits per heavy atom. The topological polar surface area (TPSA) is 113 Å². The van der Waals surface area contributed by atoms with Crippen LogP contribution in [0.2, 0.25) is 0 Å². The van der Waals surface area contributed by atoms with E-state index in [0.29, 0.717) is 28.9 Å². The number of rotatable bonds is 4. The average Bonchev–Trinajstić information content (AvgIpc) is 3.05. The molecule has 2 heterocycles. The Balaban J connectivity index is 2.35. The van der Waals surface area contributed by atoms with Crippen LogP contribution in [0.1, 0.15) is 39.0 Å². The minimum Gasteiger partial charge on any atom is -0.465 e. The van der Waals surface area contributed by atoms with Crippen molar-refractivity contribution < 1.29 is 14.3 Å². The van der Waals surface area contributed by atoms with Crippen molar-refractivity contribution in [2.75, 3.05) is 12.4 Å². The van der Waals surface area contributed by atoms with Crippen molar-refractivity contribution in [3.63, 3.8) is 0 Å². The number of esters is 1. The molecular weight excluding hydrogens is 262 g/mol. The van der Waals surface area contributed by atoms with E-state index in [9.17, 15) is 9.59 Å². The molecule has 0 bridgehead atoms. The lowest BCUT2D eigenvalue weighted by Crippen LogP contribution is -2.15. The molecule has 0 aliphatic carbocycles. The monoisotopic (exact) mass is 277 g/mol. The predicted molar refractivity (Wildman–Crippen MR) is 70.6 cm³/mol. The lowest BCUT2D eigenvalue weighted by molar-refractivity contribution is 0.0599. The Morgan fingerprint density at radius 2 is 2.20 bits per heavy atom. The molecule has 0 fully saturated rings. The van der Waals surface area contributed by atoms with E-state index in [1.165, 1.54) is 13.4 Å². The van der Waals surface area contributed by atoms with Crippen LogP contribution in [0.15, 0.2) is 6.33 Å². The van der Waals surface area contributed by atoms with Crippen LogP contribution in [0, 0.1) is 6.92 Å². The molecule has 0 aromatic carbocycles. The molecule has 0 radical (unpaired) electrons. The lowest BCUT2D eigenvalue weighted by atomic mass is 10.1. The first-order chi connectivity index (χ1) is 9.58. The van der Waals surface area contributed by atoms with Crippen LogP contribution < -0.4 is 5.32 Å². The van der Waals surface area contributed by atoms with Gasteiger partial charge in [-0.25, -0.2) is 9.89 Å². The number of nitrogens with one attached hydrogen (secondary N) is 3. The van der Waals surface area contributed by atoms with E-state index >= 15 is 0 Å². The van der Waals surface area contributed by atoms with Gasteiger partial charge in [0.15, 0.2) is 0 Å². The summed E-state index contributed by atoms with van der Waals surface area (Å²) in [6.07, 6.45) is 1.87. The number of hydrogen-bond donors (Lipinski definition) is 3. The third-order valence-electron chi connectivity index (χ3n) is 2.94. The number of aryl methyl sites for hydroxylation is 1. The molecule has 0 aliphatic rings. The van der Waals surface area contributed by atoms with Gasteiger partial charge in [0.1, 0.15) is 12.0 Å². The second kappa shape index (κ2) is 5.55. The van der Waals surface area contributed by atoms with E-state index in [0.717, 1.165) is 0 Å². The van der Waals surface area contributed by atoms with Crippen molar-refractivity contribution in [3.8, 4) is 0 Å². The number of aromatic nitrogens is 4. The molecule has 8 heteroatoms. The number of nitrogens with zero attached hydrogens (tertiary/aromatic N) is 2. The zero-order valence-corrected chi connectivity index (χ0v) is 11.4. The third-order valence-corrected chi connectivity index (χ3v) is 2.94. The van der Waals surface area contributed by atoms with E-state index in [4.69, 9.17) is 4.74 Å². The first-order valence-corrected chi connectivity index (χ1v) is 6.04. The molecule has 0 atom stereocenters. The Labute approximate surface area is 114 Å². The highest BCUT2D eigenvalue weighted by Gasteiger charge is 2.23. The van der Waals surface area contributed by atoms with Crippen LogP contribution in [-0.4, -0.2) is 39.2 Å². The first-order valence-electron chi connectivity index (χ1n) is 6.04. The van der Waals surface area contributed by atoms with Gasteiger partial charge in [-0.15, -0.1) is 0 Å². The van der Waals surface area contributed by atoms with E-state index in [2.05, 4.69) is 25.5 Å². The molecule has 2 aromatic heterocycles. The number of carbonyl (C=O) groups excluding carboxylic acids is 2. The quantitative estimate of drug-likeness (QED) is 0.723. The van der Waals surface area contributed by atoms with Gasteiger partial charge < -0.3 is 9.72 Å². The molecule has 0 saturated carbocycles. The zero-order valence-electron chi connectivity index (χ0n) is 11.4. The Morgan fingerprint density at radius 3 is 2.75 bits per heavy atom. The minimum atomic E-state index is -0.464. The molecule has 106 valence electrons. The molecule has 0 aliphatic heterocycles. The fourth-order valence-electron chi connectivity index (χ4n) is 1.96. The van der Waals surface area contributed by atoms with Gasteiger partial charge in [0.25, 0.3) is 5.91 Å². The van der Waals surface area contributed by atoms with Gasteiger partial charge in [0.05, 0.1) is 12.7 Å². The third kappa shape index (κ3) is 2.40. The van der Waals surface area contributed by atoms with Gasteiger partial charge in [-0.05, 0) is 18.9 Å². The molecule has 0 saturated heterocycles. The SMILES string of the molecule is CCc1[nH]c(C(=O)Nc2ncn[nH]2)c(C)c1C(=O)OC. The largest absolute Gasteiger partial charge is 0.465 e. The highest BCUT2D eigenvalue weighted by Crippen LogP contribution is 2.20. The molecule has 2 aromatic rings. The normalized spacial score (nSPS) is 10.3. The maximum atomic E-state index is 12.1. The number of ether oxygens (including phenoxy) is 1. The molecule has 2 rings (SSSR count). The summed E-state index contributed by atoms with van der Waals surface area (Å²) in [6.45, 7) is 3.58. The minimum absolute atomic E-state index is 0.238. The number of aromatic amines is 2. The number of methoxy groups -OCH3 is 1. The summed E-state index contributed by atoms with van der Waals surface area (Å²) in [4.78, 5) is 30.7. The summed E-state index contributed by atoms with van der Waals surface area (Å²) in [6, 6.07) is 0. The first kappa shape index (κ1) is 13.8. The molecule has 20 heavy (non-hydrogen) atoms. The van der Waals surface area contributed by atoms with Crippen LogP contribution >= 0.6 is 0 Å². The van der Waals surface area contributed by atoms with Crippen molar-refractivity contribution in [2.24, 2.45) is 0 Å². The average molecular weight is 277 g/mol. The Bertz CT molecular complexity index is 630. The highest BCUT2D eigenvalue weighted by molar-refractivity contribution is 6.06. The number of anilines is 1. The number of carbonyl (C=O) groups is 2. The fourth-order valence-corrected chi connectivity index (χ4v) is 1.96. The van der Waals surface area contributed by atoms with E-state index in [-0.39, 0.29) is 5.95 Å². The van der Waals surface area contributed by atoms with E-state index < -0.39 is 11.9 Å². The Hall–Kier alpha value is -2.64. The molecule has 0 unspecified atom stereocenters. The number of hydrogen-bond acceptors (Lipinski definition) is 5. The summed E-state index contributed by atoms with van der Waals surface area (Å²) in [5.74, 6) is -0.625. The molecular formula is C12H15N5O3. The molecule has 3 N–H and O–H groups in total. The maximum Gasteiger partial charge on any atom is 0.339 e. The Kier molecular flexibility index (Phi) is 3.83. The van der Waals surface area contributed by atoms with Crippen LogP contribution in [0.5, 0.6) is 0 Å². The van der Waals surface area contributed by atoms with Gasteiger partial charge in [-0.1, -0.05) is 6.92 Å². The van der Waals surface area contributed by atoms with Crippen molar-refractivity contribution in [1.82, 2.24) is 20.2 Å². The summed E-state index contributed by atoms with van der Waals surface area (Å²) >= 11 is 0. The van der Waals surface area contributed by atoms with Crippen LogP contribution in [-0.2, 0) is 11.2 Å². The van der Waals surface area contributed by atoms with Gasteiger partial charge in [0.2, 0.25) is 5.95 Å². The lowest BCUT2D eigenvalue weighted by Gasteiger charge is -2.01. The van der Waals surface area contributed by atoms with Gasteiger partial charge in [-0.2, -0.15) is 10.1 Å². The van der Waals surface area contributed by atoms with Crippen molar-refractivity contribution in [1.29, 1.82) is 0 Å².